The van der Waals surface area contributed by atoms with Crippen LogP contribution >= 0.6 is 22.6 Å². The third-order valence-electron chi connectivity index (χ3n) is 1.51. The van der Waals surface area contributed by atoms with Crippen LogP contribution in [0.25, 0.3) is 0 Å². The van der Waals surface area contributed by atoms with Crippen LogP contribution in [0.1, 0.15) is 18.4 Å². The van der Waals surface area contributed by atoms with Gasteiger partial charge in [0.2, 0.25) is 0 Å². The van der Waals surface area contributed by atoms with Crippen LogP contribution in [-0.2, 0) is 0 Å². The summed E-state index contributed by atoms with van der Waals surface area (Å²) in [6.07, 6.45) is 0. The lowest BCUT2D eigenvalue weighted by atomic mass is 10.0. The third kappa shape index (κ3) is 2.15. The van der Waals surface area contributed by atoms with E-state index in [9.17, 15) is 4.39 Å². The number of rotatable bonds is 1. The molecule has 1 atom stereocenters. The fourth-order valence-electron chi connectivity index (χ4n) is 0.819. The maximum atomic E-state index is 12.9. The minimum Gasteiger partial charge on any atom is -0.206 e. The molecule has 59 valence electrons. The second kappa shape index (κ2) is 3.52. The monoisotopic (exact) mass is 263 g/mol. The highest BCUT2D eigenvalue weighted by molar-refractivity contribution is 14.1. The summed E-state index contributed by atoms with van der Waals surface area (Å²) in [6, 6.07) is 5.22. The van der Waals surface area contributed by atoms with Crippen LogP contribution < -0.4 is 0 Å². The fraction of sp³-hybridized carbons (Fsp3) is 0.222. The number of benzene rings is 1. The van der Waals surface area contributed by atoms with E-state index in [0.717, 1.165) is 5.56 Å². The molecule has 1 radical (unpaired) electrons. The molecule has 1 rings (SSSR count). The van der Waals surface area contributed by atoms with Crippen molar-refractivity contribution in [3.05, 3.63) is 40.1 Å². The van der Waals surface area contributed by atoms with Crippen LogP contribution in [-0.4, -0.2) is 0 Å². The first-order chi connectivity index (χ1) is 5.11. The van der Waals surface area contributed by atoms with Gasteiger partial charge in [0.25, 0.3) is 0 Å². The molecule has 0 heterocycles. The van der Waals surface area contributed by atoms with Crippen LogP contribution in [0.2, 0.25) is 0 Å². The van der Waals surface area contributed by atoms with Gasteiger partial charge in [0.05, 0.1) is 0 Å². The Bertz CT molecular complexity index is 256. The van der Waals surface area contributed by atoms with Crippen molar-refractivity contribution in [1.29, 1.82) is 0 Å². The van der Waals surface area contributed by atoms with Gasteiger partial charge in [-0.2, -0.15) is 0 Å². The molecule has 0 nitrogen and oxygen atoms in total. The summed E-state index contributed by atoms with van der Waals surface area (Å²) >= 11 is 1.97. The Kier molecular flexibility index (Phi) is 2.87. The molecule has 1 unspecified atom stereocenters. The summed E-state index contributed by atoms with van der Waals surface area (Å²) in [5.41, 5.74) is 0.947. The van der Waals surface area contributed by atoms with Crippen molar-refractivity contribution in [2.45, 2.75) is 12.8 Å². The van der Waals surface area contributed by atoms with Gasteiger partial charge in [-0.05, 0) is 53.1 Å². The van der Waals surface area contributed by atoms with E-state index in [2.05, 4.69) is 6.92 Å². The molecule has 0 aliphatic rings. The molecule has 0 N–H and O–H groups in total. The van der Waals surface area contributed by atoms with E-state index < -0.39 is 0 Å². The topological polar surface area (TPSA) is 0 Å². The Balaban J connectivity index is 3.05. The molecule has 0 spiro atoms. The maximum Gasteiger partial charge on any atom is 0.136 e. The average Bonchev–Trinajstić information content (AvgIpc) is 1.94. The van der Waals surface area contributed by atoms with Gasteiger partial charge in [-0.3, -0.25) is 0 Å². The van der Waals surface area contributed by atoms with Gasteiger partial charge in [-0.25, -0.2) is 4.39 Å². The van der Waals surface area contributed by atoms with E-state index >= 15 is 0 Å². The Hall–Kier alpha value is -0.120. The summed E-state index contributed by atoms with van der Waals surface area (Å²) in [5, 5.41) is 0. The normalized spacial score (nSPS) is 10.6. The highest BCUT2D eigenvalue weighted by Gasteiger charge is 2.02. The molecule has 11 heavy (non-hydrogen) atoms. The van der Waals surface area contributed by atoms with E-state index in [4.69, 9.17) is 0 Å². The van der Waals surface area contributed by atoms with E-state index in [-0.39, 0.29) is 11.7 Å². The Morgan fingerprint density at radius 1 is 1.55 bits per heavy atom. The zero-order chi connectivity index (χ0) is 8.43. The maximum absolute atomic E-state index is 12.9. The van der Waals surface area contributed by atoms with Crippen molar-refractivity contribution in [2.75, 3.05) is 0 Å². The van der Waals surface area contributed by atoms with Gasteiger partial charge in [0, 0.05) is 3.57 Å². The highest BCUT2D eigenvalue weighted by atomic mass is 127. The molecule has 0 aliphatic heterocycles. The second-order valence-corrected chi connectivity index (χ2v) is 3.74. The zero-order valence-electron chi connectivity index (χ0n) is 6.27. The van der Waals surface area contributed by atoms with Crippen LogP contribution in [0, 0.1) is 16.3 Å². The van der Waals surface area contributed by atoms with Crippen molar-refractivity contribution < 1.29 is 4.39 Å². The summed E-state index contributed by atoms with van der Waals surface area (Å²) in [6.45, 7) is 5.76. The average molecular weight is 263 g/mol. The minimum absolute atomic E-state index is 0.154. The molecule has 0 amide bonds. The summed E-state index contributed by atoms with van der Waals surface area (Å²) in [5.74, 6) is 0.0000926. The van der Waals surface area contributed by atoms with Gasteiger partial charge >= 0.3 is 0 Å². The van der Waals surface area contributed by atoms with Crippen LogP contribution in [0.4, 0.5) is 4.39 Å². The first kappa shape index (κ1) is 8.97. The van der Waals surface area contributed by atoms with Crippen LogP contribution in [0.15, 0.2) is 18.2 Å². The van der Waals surface area contributed by atoms with Gasteiger partial charge in [-0.15, -0.1) is 0 Å². The standard InChI is InChI=1S/C9H9FI/c1-6(2)7-3-4-9(11)8(10)5-7/h3-6H,1H2,2H3. The van der Waals surface area contributed by atoms with E-state index in [1.54, 1.807) is 12.1 Å². The molecule has 0 saturated heterocycles. The molecular weight excluding hydrogens is 254 g/mol. The Morgan fingerprint density at radius 3 is 2.64 bits per heavy atom. The zero-order valence-corrected chi connectivity index (χ0v) is 8.43. The van der Waals surface area contributed by atoms with Gasteiger partial charge in [-0.1, -0.05) is 13.0 Å². The molecular formula is C9H9FI. The van der Waals surface area contributed by atoms with Gasteiger partial charge < -0.3 is 0 Å². The Morgan fingerprint density at radius 2 is 2.18 bits per heavy atom. The lowest BCUT2D eigenvalue weighted by Crippen LogP contribution is -1.90. The quantitative estimate of drug-likeness (QED) is 0.681. The number of halogens is 2. The Labute approximate surface area is 80.0 Å². The predicted octanol–water partition coefficient (Wildman–Crippen LogP) is 3.37. The lowest BCUT2D eigenvalue weighted by molar-refractivity contribution is 0.617. The fourth-order valence-corrected chi connectivity index (χ4v) is 1.15. The van der Waals surface area contributed by atoms with Crippen molar-refractivity contribution >= 4 is 22.6 Å². The van der Waals surface area contributed by atoms with Crippen molar-refractivity contribution in [3.8, 4) is 0 Å². The highest BCUT2D eigenvalue weighted by Crippen LogP contribution is 2.18. The van der Waals surface area contributed by atoms with Gasteiger partial charge in [0.15, 0.2) is 0 Å². The van der Waals surface area contributed by atoms with Crippen molar-refractivity contribution in [2.24, 2.45) is 0 Å². The summed E-state index contributed by atoms with van der Waals surface area (Å²) in [7, 11) is 0. The molecule has 0 aliphatic carbocycles. The van der Waals surface area contributed by atoms with Gasteiger partial charge in [0.1, 0.15) is 5.82 Å². The largest absolute Gasteiger partial charge is 0.206 e. The molecule has 1 aromatic rings. The molecule has 1 aromatic carbocycles. The molecule has 0 bridgehead atoms. The summed E-state index contributed by atoms with van der Waals surface area (Å²) < 4.78 is 13.6. The SMILES string of the molecule is [CH2]C(C)c1ccc(I)c(F)c1. The van der Waals surface area contributed by atoms with E-state index in [1.807, 2.05) is 35.6 Å². The third-order valence-corrected chi connectivity index (χ3v) is 2.39. The van der Waals surface area contributed by atoms with E-state index in [0.29, 0.717) is 3.57 Å². The van der Waals surface area contributed by atoms with E-state index in [1.165, 1.54) is 0 Å². The van der Waals surface area contributed by atoms with Crippen LogP contribution in [0.5, 0.6) is 0 Å². The first-order valence-electron chi connectivity index (χ1n) is 3.39. The molecule has 0 saturated carbocycles. The first-order valence-corrected chi connectivity index (χ1v) is 4.47. The summed E-state index contributed by atoms with van der Waals surface area (Å²) in [4.78, 5) is 0. The number of hydrogen-bond donors (Lipinski definition) is 0. The van der Waals surface area contributed by atoms with Crippen molar-refractivity contribution in [1.82, 2.24) is 0 Å². The molecule has 0 fully saturated rings. The van der Waals surface area contributed by atoms with Crippen molar-refractivity contribution in [3.63, 3.8) is 0 Å². The smallest absolute Gasteiger partial charge is 0.136 e. The second-order valence-electron chi connectivity index (χ2n) is 2.57. The van der Waals surface area contributed by atoms with Crippen LogP contribution in [0.3, 0.4) is 0 Å². The lowest BCUT2D eigenvalue weighted by Gasteiger charge is -2.04. The molecule has 2 heteroatoms. The predicted molar refractivity (Wildman–Crippen MR) is 52.9 cm³/mol. The minimum atomic E-state index is -0.154. The molecule has 0 aromatic heterocycles. The number of hydrogen-bond acceptors (Lipinski definition) is 0.